The van der Waals surface area contributed by atoms with Gasteiger partial charge in [0, 0.05) is 31.0 Å². The summed E-state index contributed by atoms with van der Waals surface area (Å²) in [6.07, 6.45) is 0.172. The van der Waals surface area contributed by atoms with E-state index in [1.54, 1.807) is 43.6 Å². The maximum atomic E-state index is 12.2. The summed E-state index contributed by atoms with van der Waals surface area (Å²) < 4.78 is 0. The van der Waals surface area contributed by atoms with Crippen LogP contribution < -0.4 is 5.32 Å². The molecule has 2 aromatic rings. The molecular weight excluding hydrogens is 346 g/mol. The van der Waals surface area contributed by atoms with E-state index in [0.717, 1.165) is 10.7 Å². The number of carbonyl (C=O) groups excluding carboxylic acids is 2. The lowest BCUT2D eigenvalue weighted by molar-refractivity contribution is -0.115. The molecule has 5 nitrogen and oxygen atoms in total. The van der Waals surface area contributed by atoms with Crippen molar-refractivity contribution in [1.29, 1.82) is 0 Å². The third kappa shape index (κ3) is 4.55. The highest BCUT2D eigenvalue weighted by Gasteiger charge is 2.14. The number of hydrogen-bond acceptors (Lipinski definition) is 4. The molecule has 0 fully saturated rings. The molecule has 128 valence electrons. The monoisotopic (exact) mass is 365 g/mol. The van der Waals surface area contributed by atoms with Gasteiger partial charge in [-0.3, -0.25) is 9.59 Å². The van der Waals surface area contributed by atoms with Gasteiger partial charge >= 0.3 is 0 Å². The van der Waals surface area contributed by atoms with E-state index < -0.39 is 0 Å². The molecule has 7 heteroatoms. The summed E-state index contributed by atoms with van der Waals surface area (Å²) in [5.41, 5.74) is 1.63. The topological polar surface area (TPSA) is 62.3 Å². The summed E-state index contributed by atoms with van der Waals surface area (Å²) in [7, 11) is 3.34. The van der Waals surface area contributed by atoms with Crippen molar-refractivity contribution in [3.05, 3.63) is 44.9 Å². The fourth-order valence-corrected chi connectivity index (χ4v) is 3.04. The highest BCUT2D eigenvalue weighted by molar-refractivity contribution is 7.09. The standard InChI is InChI=1S/C17H20ClN3O2S/c1-10(2)16-19-12(9-24-16)8-15(22)20-14-7-11(5-6-13(14)18)17(23)21(3)4/h5-7,9-10H,8H2,1-4H3,(H,20,22). The van der Waals surface area contributed by atoms with Crippen LogP contribution in [0.15, 0.2) is 23.6 Å². The molecule has 0 aliphatic rings. The largest absolute Gasteiger partial charge is 0.345 e. The molecule has 0 radical (unpaired) electrons. The van der Waals surface area contributed by atoms with Gasteiger partial charge in [0.25, 0.3) is 5.91 Å². The SMILES string of the molecule is CC(C)c1nc(CC(=O)Nc2cc(C(=O)N(C)C)ccc2Cl)cs1. The highest BCUT2D eigenvalue weighted by atomic mass is 35.5. The van der Waals surface area contributed by atoms with Crippen LogP contribution in [0.25, 0.3) is 0 Å². The predicted octanol–water partition coefficient (Wildman–Crippen LogP) is 3.80. The Morgan fingerprint density at radius 3 is 2.62 bits per heavy atom. The fraction of sp³-hybridized carbons (Fsp3) is 0.353. The van der Waals surface area contributed by atoms with E-state index in [4.69, 9.17) is 11.6 Å². The van der Waals surface area contributed by atoms with E-state index in [9.17, 15) is 9.59 Å². The van der Waals surface area contributed by atoms with Crippen molar-refractivity contribution in [1.82, 2.24) is 9.88 Å². The van der Waals surface area contributed by atoms with E-state index in [1.807, 2.05) is 5.38 Å². The molecule has 2 amide bonds. The summed E-state index contributed by atoms with van der Waals surface area (Å²) in [5.74, 6) is -0.0230. The average molecular weight is 366 g/mol. The van der Waals surface area contributed by atoms with Crippen LogP contribution in [0.3, 0.4) is 0 Å². The summed E-state index contributed by atoms with van der Waals surface area (Å²) in [4.78, 5) is 30.2. The van der Waals surface area contributed by atoms with Crippen molar-refractivity contribution in [2.24, 2.45) is 0 Å². The van der Waals surface area contributed by atoms with Crippen molar-refractivity contribution < 1.29 is 9.59 Å². The molecule has 1 heterocycles. The minimum absolute atomic E-state index is 0.150. The molecule has 1 aromatic carbocycles. The Morgan fingerprint density at radius 2 is 2.04 bits per heavy atom. The van der Waals surface area contributed by atoms with Gasteiger partial charge in [0.2, 0.25) is 5.91 Å². The first-order valence-corrected chi connectivity index (χ1v) is 8.79. The second kappa shape index (κ2) is 7.77. The number of anilines is 1. The first-order chi connectivity index (χ1) is 11.3. The van der Waals surface area contributed by atoms with E-state index in [0.29, 0.717) is 22.2 Å². The number of nitrogens with zero attached hydrogens (tertiary/aromatic N) is 2. The lowest BCUT2D eigenvalue weighted by Gasteiger charge is -2.12. The van der Waals surface area contributed by atoms with Gasteiger partial charge in [-0.1, -0.05) is 25.4 Å². The van der Waals surface area contributed by atoms with Crippen LogP contribution in [0.5, 0.6) is 0 Å². The summed E-state index contributed by atoms with van der Waals surface area (Å²) in [5, 5.41) is 6.04. The van der Waals surface area contributed by atoms with Crippen LogP contribution in [0.4, 0.5) is 5.69 Å². The van der Waals surface area contributed by atoms with Crippen LogP contribution in [0, 0.1) is 0 Å². The third-order valence-electron chi connectivity index (χ3n) is 3.30. The number of nitrogens with one attached hydrogen (secondary N) is 1. The Bertz CT molecular complexity index is 756. The molecule has 1 aromatic heterocycles. The second-order valence-electron chi connectivity index (χ2n) is 5.95. The van der Waals surface area contributed by atoms with Crippen molar-refractivity contribution in [3.8, 4) is 0 Å². The first kappa shape index (κ1) is 18.4. The first-order valence-electron chi connectivity index (χ1n) is 7.53. The van der Waals surface area contributed by atoms with Gasteiger partial charge < -0.3 is 10.2 Å². The average Bonchev–Trinajstić information content (AvgIpc) is 2.97. The molecule has 0 spiro atoms. The van der Waals surface area contributed by atoms with Crippen LogP contribution in [-0.2, 0) is 11.2 Å². The molecule has 0 unspecified atom stereocenters. The molecule has 0 aliphatic heterocycles. The number of rotatable bonds is 5. The van der Waals surface area contributed by atoms with Crippen molar-refractivity contribution in [2.75, 3.05) is 19.4 Å². The van der Waals surface area contributed by atoms with Gasteiger partial charge in [0.1, 0.15) is 0 Å². The minimum Gasteiger partial charge on any atom is -0.345 e. The Morgan fingerprint density at radius 1 is 1.33 bits per heavy atom. The summed E-state index contributed by atoms with van der Waals surface area (Å²) in [6.45, 7) is 4.13. The zero-order valence-electron chi connectivity index (χ0n) is 14.1. The van der Waals surface area contributed by atoms with Gasteiger partial charge in [0.15, 0.2) is 0 Å². The van der Waals surface area contributed by atoms with Gasteiger partial charge in [-0.25, -0.2) is 4.98 Å². The zero-order valence-corrected chi connectivity index (χ0v) is 15.7. The van der Waals surface area contributed by atoms with Crippen molar-refractivity contribution >= 4 is 40.4 Å². The molecule has 0 saturated carbocycles. The van der Waals surface area contributed by atoms with Crippen LogP contribution >= 0.6 is 22.9 Å². The molecule has 24 heavy (non-hydrogen) atoms. The fourth-order valence-electron chi connectivity index (χ4n) is 2.04. The Labute approximate surface area is 150 Å². The normalized spacial score (nSPS) is 10.8. The predicted molar refractivity (Wildman–Crippen MR) is 98.0 cm³/mol. The Kier molecular flexibility index (Phi) is 5.96. The smallest absolute Gasteiger partial charge is 0.253 e. The van der Waals surface area contributed by atoms with Crippen LogP contribution in [-0.4, -0.2) is 35.8 Å². The van der Waals surface area contributed by atoms with E-state index in [2.05, 4.69) is 24.1 Å². The summed E-state index contributed by atoms with van der Waals surface area (Å²) >= 11 is 7.67. The molecule has 0 bridgehead atoms. The zero-order chi connectivity index (χ0) is 17.9. The third-order valence-corrected chi connectivity index (χ3v) is 4.82. The number of benzene rings is 1. The van der Waals surface area contributed by atoms with Crippen LogP contribution in [0.2, 0.25) is 5.02 Å². The Balaban J connectivity index is 2.10. The van der Waals surface area contributed by atoms with Gasteiger partial charge in [0.05, 0.1) is 27.8 Å². The van der Waals surface area contributed by atoms with Crippen molar-refractivity contribution in [2.45, 2.75) is 26.2 Å². The quantitative estimate of drug-likeness (QED) is 0.876. The second-order valence-corrected chi connectivity index (χ2v) is 7.25. The number of aromatic nitrogens is 1. The lowest BCUT2D eigenvalue weighted by Crippen LogP contribution is -2.22. The number of halogens is 1. The van der Waals surface area contributed by atoms with Crippen molar-refractivity contribution in [3.63, 3.8) is 0 Å². The Hall–Kier alpha value is -1.92. The number of hydrogen-bond donors (Lipinski definition) is 1. The molecule has 2 rings (SSSR count). The number of amides is 2. The number of thiazole rings is 1. The van der Waals surface area contributed by atoms with E-state index in [-0.39, 0.29) is 18.2 Å². The van der Waals surface area contributed by atoms with Gasteiger partial charge in [-0.05, 0) is 18.2 Å². The molecule has 0 aliphatic carbocycles. The summed E-state index contributed by atoms with van der Waals surface area (Å²) in [6, 6.07) is 4.83. The lowest BCUT2D eigenvalue weighted by atomic mass is 10.1. The highest BCUT2D eigenvalue weighted by Crippen LogP contribution is 2.24. The maximum absolute atomic E-state index is 12.2. The van der Waals surface area contributed by atoms with Gasteiger partial charge in [-0.15, -0.1) is 11.3 Å². The molecule has 1 N–H and O–H groups in total. The molecular formula is C17H20ClN3O2S. The molecule has 0 atom stereocenters. The minimum atomic E-state index is -0.216. The maximum Gasteiger partial charge on any atom is 0.253 e. The van der Waals surface area contributed by atoms with Gasteiger partial charge in [-0.2, -0.15) is 0 Å². The van der Waals surface area contributed by atoms with Crippen LogP contribution in [0.1, 0.15) is 40.8 Å². The van der Waals surface area contributed by atoms with E-state index >= 15 is 0 Å². The number of carbonyl (C=O) groups is 2. The molecule has 0 saturated heterocycles. The van der Waals surface area contributed by atoms with E-state index in [1.165, 1.54) is 4.90 Å².